The topological polar surface area (TPSA) is 117 Å². The number of aromatic nitrogens is 3. The smallest absolute Gasteiger partial charge is 0.264 e. The van der Waals surface area contributed by atoms with Crippen LogP contribution in [0, 0.1) is 0 Å². The summed E-state index contributed by atoms with van der Waals surface area (Å²) < 4.78 is 30.1. The van der Waals surface area contributed by atoms with Crippen LogP contribution in [0.5, 0.6) is 5.75 Å². The number of nitrogens with one attached hydrogen (secondary N) is 1. The Labute approximate surface area is 138 Å². The summed E-state index contributed by atoms with van der Waals surface area (Å²) in [5.74, 6) is -0.282. The first kappa shape index (κ1) is 16.2. The normalized spacial score (nSPS) is 11.7. The van der Waals surface area contributed by atoms with Gasteiger partial charge >= 0.3 is 0 Å². The third kappa shape index (κ3) is 3.81. The van der Waals surface area contributed by atoms with Crippen molar-refractivity contribution in [1.29, 1.82) is 0 Å². The Balaban J connectivity index is 1.78. The molecule has 0 amide bonds. The van der Waals surface area contributed by atoms with Gasteiger partial charge in [0.05, 0.1) is 5.75 Å². The zero-order valence-electron chi connectivity index (χ0n) is 12.6. The maximum absolute atomic E-state index is 10.7. The van der Waals surface area contributed by atoms with Crippen LogP contribution in [0.15, 0.2) is 42.5 Å². The van der Waals surface area contributed by atoms with Gasteiger partial charge in [0, 0.05) is 12.2 Å². The van der Waals surface area contributed by atoms with Crippen LogP contribution in [-0.2, 0) is 10.1 Å². The fraction of sp³-hybridized carbons (Fsp3) is 0.200. The summed E-state index contributed by atoms with van der Waals surface area (Å²) in [7, 11) is -3.96. The highest BCUT2D eigenvalue weighted by atomic mass is 32.2. The first-order valence-corrected chi connectivity index (χ1v) is 8.88. The Kier molecular flexibility index (Phi) is 4.36. The molecule has 0 radical (unpaired) electrons. The Morgan fingerprint density at radius 3 is 2.38 bits per heavy atom. The summed E-state index contributed by atoms with van der Waals surface area (Å²) in [5, 5.41) is 21.7. The molecule has 3 N–H and O–H groups in total. The summed E-state index contributed by atoms with van der Waals surface area (Å²) in [6, 6.07) is 12.2. The van der Waals surface area contributed by atoms with Gasteiger partial charge in [-0.15, -0.1) is 15.0 Å². The maximum Gasteiger partial charge on any atom is 0.264 e. The molecule has 3 rings (SSSR count). The van der Waals surface area contributed by atoms with Crippen molar-refractivity contribution in [2.45, 2.75) is 6.42 Å². The second-order valence-corrected chi connectivity index (χ2v) is 6.82. The Bertz CT molecular complexity index is 936. The number of anilines is 1. The lowest BCUT2D eigenvalue weighted by Gasteiger charge is -2.09. The molecule has 2 aromatic carbocycles. The van der Waals surface area contributed by atoms with Gasteiger partial charge in [-0.05, 0) is 36.8 Å². The largest absolute Gasteiger partial charge is 0.506 e. The fourth-order valence-electron chi connectivity index (χ4n) is 2.25. The molecule has 0 atom stereocenters. The maximum atomic E-state index is 10.7. The minimum absolute atomic E-state index is 0.0267. The zero-order valence-corrected chi connectivity index (χ0v) is 13.4. The number of hydrogen-bond donors (Lipinski definition) is 3. The highest BCUT2D eigenvalue weighted by Crippen LogP contribution is 2.25. The van der Waals surface area contributed by atoms with Gasteiger partial charge in [-0.25, -0.2) is 0 Å². The number of nitrogens with zero attached hydrogens (tertiary/aromatic N) is 3. The SMILES string of the molecule is O=S(=O)(O)CCCNc1ccc(O)c(-n2nc3ccccc3n2)c1. The molecule has 1 heterocycles. The van der Waals surface area contributed by atoms with Crippen LogP contribution < -0.4 is 5.32 Å². The average Bonchev–Trinajstić information content (AvgIpc) is 2.96. The minimum Gasteiger partial charge on any atom is -0.506 e. The highest BCUT2D eigenvalue weighted by Gasteiger charge is 2.10. The van der Waals surface area contributed by atoms with E-state index in [0.29, 0.717) is 29.0 Å². The average molecular weight is 348 g/mol. The predicted octanol–water partition coefficient (Wildman–Crippen LogP) is 1.82. The van der Waals surface area contributed by atoms with Gasteiger partial charge in [-0.2, -0.15) is 8.42 Å². The number of phenolic OH excluding ortho intramolecular Hbond substituents is 1. The zero-order chi connectivity index (χ0) is 17.2. The van der Waals surface area contributed by atoms with Gasteiger partial charge in [0.15, 0.2) is 0 Å². The number of aromatic hydroxyl groups is 1. The molecule has 0 fully saturated rings. The predicted molar refractivity (Wildman–Crippen MR) is 90.1 cm³/mol. The molecule has 0 spiro atoms. The number of rotatable bonds is 6. The molecule has 0 saturated carbocycles. The molecular formula is C15H16N4O4S. The fourth-order valence-corrected chi connectivity index (χ4v) is 2.76. The van der Waals surface area contributed by atoms with Crippen LogP contribution in [0.3, 0.4) is 0 Å². The van der Waals surface area contributed by atoms with Gasteiger partial charge < -0.3 is 10.4 Å². The standard InChI is InChI=1S/C15H16N4O4S/c20-15-7-6-11(16-8-3-9-24(21,22)23)10-14(15)19-17-12-4-1-2-5-13(12)18-19/h1-2,4-7,10,16,20H,3,8-9H2,(H,21,22,23). The van der Waals surface area contributed by atoms with E-state index < -0.39 is 10.1 Å². The quantitative estimate of drug-likeness (QED) is 0.353. The number of fused-ring (bicyclic) bond motifs is 1. The van der Waals surface area contributed by atoms with Crippen LogP contribution in [-0.4, -0.2) is 45.4 Å². The molecule has 126 valence electrons. The molecule has 0 aliphatic heterocycles. The van der Waals surface area contributed by atoms with E-state index in [1.807, 2.05) is 24.3 Å². The van der Waals surface area contributed by atoms with E-state index in [4.69, 9.17) is 4.55 Å². The lowest BCUT2D eigenvalue weighted by atomic mass is 10.2. The number of phenols is 1. The van der Waals surface area contributed by atoms with Crippen LogP contribution in [0.1, 0.15) is 6.42 Å². The van der Waals surface area contributed by atoms with E-state index in [1.54, 1.807) is 12.1 Å². The van der Waals surface area contributed by atoms with Crippen molar-refractivity contribution >= 4 is 26.8 Å². The van der Waals surface area contributed by atoms with Crippen molar-refractivity contribution in [3.63, 3.8) is 0 Å². The van der Waals surface area contributed by atoms with Gasteiger partial charge in [-0.1, -0.05) is 12.1 Å². The van der Waals surface area contributed by atoms with Crippen molar-refractivity contribution in [2.75, 3.05) is 17.6 Å². The lowest BCUT2D eigenvalue weighted by Crippen LogP contribution is -2.10. The summed E-state index contributed by atoms with van der Waals surface area (Å²) in [6.45, 7) is 0.360. The summed E-state index contributed by atoms with van der Waals surface area (Å²) in [4.78, 5) is 1.35. The van der Waals surface area contributed by atoms with E-state index in [0.717, 1.165) is 0 Å². The van der Waals surface area contributed by atoms with E-state index in [-0.39, 0.29) is 17.9 Å². The van der Waals surface area contributed by atoms with Crippen molar-refractivity contribution in [1.82, 2.24) is 15.0 Å². The molecule has 8 nitrogen and oxygen atoms in total. The van der Waals surface area contributed by atoms with Gasteiger partial charge in [0.2, 0.25) is 0 Å². The number of hydrogen-bond acceptors (Lipinski definition) is 6. The molecule has 0 aliphatic carbocycles. The molecule has 9 heteroatoms. The van der Waals surface area contributed by atoms with Crippen LogP contribution in [0.25, 0.3) is 16.7 Å². The Morgan fingerprint density at radius 1 is 1.08 bits per heavy atom. The Hall–Kier alpha value is -2.65. The van der Waals surface area contributed by atoms with Gasteiger partial charge in [0.1, 0.15) is 22.5 Å². The van der Waals surface area contributed by atoms with Crippen molar-refractivity contribution in [3.8, 4) is 11.4 Å². The second kappa shape index (κ2) is 6.46. The molecule has 0 aliphatic rings. The highest BCUT2D eigenvalue weighted by molar-refractivity contribution is 7.85. The third-order valence-corrected chi connectivity index (χ3v) is 4.19. The van der Waals surface area contributed by atoms with E-state index >= 15 is 0 Å². The van der Waals surface area contributed by atoms with Crippen molar-refractivity contribution < 1.29 is 18.1 Å². The molecule has 0 saturated heterocycles. The monoisotopic (exact) mass is 348 g/mol. The summed E-state index contributed by atoms with van der Waals surface area (Å²) in [6.07, 6.45) is 0.263. The van der Waals surface area contributed by atoms with Gasteiger partial charge in [0.25, 0.3) is 10.1 Å². The van der Waals surface area contributed by atoms with Crippen LogP contribution >= 0.6 is 0 Å². The van der Waals surface area contributed by atoms with E-state index in [9.17, 15) is 13.5 Å². The summed E-state index contributed by atoms with van der Waals surface area (Å²) >= 11 is 0. The molecular weight excluding hydrogens is 332 g/mol. The summed E-state index contributed by atoms with van der Waals surface area (Å²) in [5.41, 5.74) is 2.51. The Morgan fingerprint density at radius 2 is 1.75 bits per heavy atom. The lowest BCUT2D eigenvalue weighted by molar-refractivity contribution is 0.468. The molecule has 3 aromatic rings. The van der Waals surface area contributed by atoms with E-state index in [2.05, 4.69) is 15.5 Å². The van der Waals surface area contributed by atoms with Crippen molar-refractivity contribution in [2.24, 2.45) is 0 Å². The third-order valence-electron chi connectivity index (χ3n) is 3.39. The first-order valence-electron chi connectivity index (χ1n) is 7.27. The van der Waals surface area contributed by atoms with Crippen molar-refractivity contribution in [3.05, 3.63) is 42.5 Å². The number of benzene rings is 2. The van der Waals surface area contributed by atoms with E-state index in [1.165, 1.54) is 10.9 Å². The molecule has 0 bridgehead atoms. The molecule has 1 aromatic heterocycles. The first-order chi connectivity index (χ1) is 11.4. The molecule has 0 unspecified atom stereocenters. The van der Waals surface area contributed by atoms with Gasteiger partial charge in [-0.3, -0.25) is 4.55 Å². The second-order valence-electron chi connectivity index (χ2n) is 5.25. The van der Waals surface area contributed by atoms with Crippen LogP contribution in [0.4, 0.5) is 5.69 Å². The van der Waals surface area contributed by atoms with Crippen LogP contribution in [0.2, 0.25) is 0 Å². The minimum atomic E-state index is -3.96. The molecule has 24 heavy (non-hydrogen) atoms.